The highest BCUT2D eigenvalue weighted by atomic mass is 32.1. The van der Waals surface area contributed by atoms with Gasteiger partial charge in [-0.2, -0.15) is 0 Å². The molecule has 1 unspecified atom stereocenters. The van der Waals surface area contributed by atoms with Crippen molar-refractivity contribution in [3.63, 3.8) is 0 Å². The molecular weight excluding hydrogens is 306 g/mol. The molecule has 0 aromatic carbocycles. The maximum Gasteiger partial charge on any atom is 0.263 e. The van der Waals surface area contributed by atoms with Crippen LogP contribution in [-0.4, -0.2) is 27.4 Å². The fraction of sp³-hybridized carbons (Fsp3) is 0.231. The minimum atomic E-state index is -0.194. The van der Waals surface area contributed by atoms with Crippen molar-refractivity contribution in [1.29, 1.82) is 0 Å². The maximum absolute atomic E-state index is 12.3. The first kappa shape index (κ1) is 13.9. The SMILES string of the molecule is CC(CNC(=O)c1sc2nccnc2c1N)c1nccs1. The van der Waals surface area contributed by atoms with Gasteiger partial charge in [0.05, 0.1) is 10.7 Å². The van der Waals surface area contributed by atoms with E-state index < -0.39 is 0 Å². The lowest BCUT2D eigenvalue weighted by atomic mass is 10.2. The predicted molar refractivity (Wildman–Crippen MR) is 84.7 cm³/mol. The summed E-state index contributed by atoms with van der Waals surface area (Å²) in [5, 5.41) is 5.82. The van der Waals surface area contributed by atoms with Gasteiger partial charge in [0.1, 0.15) is 15.2 Å². The van der Waals surface area contributed by atoms with Gasteiger partial charge in [-0.1, -0.05) is 6.92 Å². The molecule has 3 heterocycles. The van der Waals surface area contributed by atoms with E-state index in [0.717, 1.165) is 5.01 Å². The van der Waals surface area contributed by atoms with E-state index in [2.05, 4.69) is 20.3 Å². The standard InChI is InChI=1S/C13H13N5OS2/c1-7(12-17-4-5-20-12)6-18-11(19)10-8(14)9-13(21-10)16-3-2-15-9/h2-5,7H,6,14H2,1H3,(H,18,19). The molecule has 0 fully saturated rings. The average molecular weight is 319 g/mol. The van der Waals surface area contributed by atoms with E-state index in [1.807, 2.05) is 12.3 Å². The zero-order valence-electron chi connectivity index (χ0n) is 11.2. The average Bonchev–Trinajstić information content (AvgIpc) is 3.13. The lowest BCUT2D eigenvalue weighted by Crippen LogP contribution is -2.27. The highest BCUT2D eigenvalue weighted by molar-refractivity contribution is 7.21. The number of thiazole rings is 1. The second kappa shape index (κ2) is 5.74. The number of nitrogens with one attached hydrogen (secondary N) is 1. The molecule has 3 N–H and O–H groups in total. The lowest BCUT2D eigenvalue weighted by Gasteiger charge is -2.09. The van der Waals surface area contributed by atoms with Gasteiger partial charge in [0.25, 0.3) is 5.91 Å². The molecule has 1 atom stereocenters. The third-order valence-corrected chi connectivity index (χ3v) is 5.12. The van der Waals surface area contributed by atoms with Crippen molar-refractivity contribution in [3.8, 4) is 0 Å². The number of thiophene rings is 1. The summed E-state index contributed by atoms with van der Waals surface area (Å²) in [5.41, 5.74) is 6.95. The predicted octanol–water partition coefficient (Wildman–Crippen LogP) is 2.26. The number of carbonyl (C=O) groups is 1. The van der Waals surface area contributed by atoms with Crippen molar-refractivity contribution in [2.75, 3.05) is 12.3 Å². The highest BCUT2D eigenvalue weighted by Gasteiger charge is 2.18. The topological polar surface area (TPSA) is 93.8 Å². The van der Waals surface area contributed by atoms with Gasteiger partial charge >= 0.3 is 0 Å². The number of amides is 1. The summed E-state index contributed by atoms with van der Waals surface area (Å²) in [6, 6.07) is 0. The fourth-order valence-electron chi connectivity index (χ4n) is 1.90. The molecule has 3 rings (SSSR count). The van der Waals surface area contributed by atoms with Gasteiger partial charge in [-0.25, -0.2) is 15.0 Å². The van der Waals surface area contributed by atoms with Crippen LogP contribution in [0.1, 0.15) is 27.5 Å². The summed E-state index contributed by atoms with van der Waals surface area (Å²) in [7, 11) is 0. The first-order chi connectivity index (χ1) is 10.2. The van der Waals surface area contributed by atoms with Crippen molar-refractivity contribution < 1.29 is 4.79 Å². The van der Waals surface area contributed by atoms with Crippen molar-refractivity contribution in [3.05, 3.63) is 33.9 Å². The smallest absolute Gasteiger partial charge is 0.263 e. The Morgan fingerprint density at radius 2 is 2.14 bits per heavy atom. The molecule has 1 amide bonds. The van der Waals surface area contributed by atoms with E-state index in [-0.39, 0.29) is 11.8 Å². The second-order valence-electron chi connectivity index (χ2n) is 4.54. The minimum Gasteiger partial charge on any atom is -0.396 e. The van der Waals surface area contributed by atoms with Crippen LogP contribution in [-0.2, 0) is 0 Å². The summed E-state index contributed by atoms with van der Waals surface area (Å²) in [4.78, 5) is 26.0. The number of anilines is 1. The molecule has 108 valence electrons. The van der Waals surface area contributed by atoms with Gasteiger partial charge in [-0.15, -0.1) is 22.7 Å². The molecule has 21 heavy (non-hydrogen) atoms. The Morgan fingerprint density at radius 3 is 2.86 bits per heavy atom. The Hall–Kier alpha value is -2.06. The van der Waals surface area contributed by atoms with E-state index in [9.17, 15) is 4.79 Å². The van der Waals surface area contributed by atoms with Gasteiger partial charge in [-0.05, 0) is 0 Å². The number of nitrogen functional groups attached to an aromatic ring is 1. The summed E-state index contributed by atoms with van der Waals surface area (Å²) in [5.74, 6) is -0.0264. The fourth-order valence-corrected chi connectivity index (χ4v) is 3.54. The van der Waals surface area contributed by atoms with Crippen LogP contribution in [0.15, 0.2) is 24.0 Å². The number of rotatable bonds is 4. The van der Waals surface area contributed by atoms with Gasteiger partial charge in [0.2, 0.25) is 0 Å². The van der Waals surface area contributed by atoms with E-state index >= 15 is 0 Å². The quantitative estimate of drug-likeness (QED) is 0.769. The minimum absolute atomic E-state index is 0.167. The number of aromatic nitrogens is 3. The van der Waals surface area contributed by atoms with E-state index in [4.69, 9.17) is 5.73 Å². The Bertz CT molecular complexity index is 768. The van der Waals surface area contributed by atoms with Crippen molar-refractivity contribution in [2.45, 2.75) is 12.8 Å². The normalized spacial score (nSPS) is 12.4. The van der Waals surface area contributed by atoms with E-state index in [1.54, 1.807) is 29.9 Å². The van der Waals surface area contributed by atoms with Crippen molar-refractivity contribution in [1.82, 2.24) is 20.3 Å². The summed E-state index contributed by atoms with van der Waals surface area (Å²) >= 11 is 2.84. The first-order valence-corrected chi connectivity index (χ1v) is 8.03. The van der Waals surface area contributed by atoms with Crippen molar-refractivity contribution in [2.24, 2.45) is 0 Å². The first-order valence-electron chi connectivity index (χ1n) is 6.33. The Balaban J connectivity index is 1.74. The Morgan fingerprint density at radius 1 is 1.33 bits per heavy atom. The number of nitrogens with zero attached hydrogens (tertiary/aromatic N) is 3. The van der Waals surface area contributed by atoms with E-state index in [0.29, 0.717) is 27.5 Å². The summed E-state index contributed by atoms with van der Waals surface area (Å²) in [6.07, 6.45) is 4.92. The van der Waals surface area contributed by atoms with Crippen LogP contribution in [0, 0.1) is 0 Å². The number of fused-ring (bicyclic) bond motifs is 1. The van der Waals surface area contributed by atoms with Crippen LogP contribution in [0.2, 0.25) is 0 Å². The molecule has 0 spiro atoms. The zero-order valence-corrected chi connectivity index (χ0v) is 12.9. The van der Waals surface area contributed by atoms with Crippen LogP contribution in [0.5, 0.6) is 0 Å². The maximum atomic E-state index is 12.3. The molecule has 3 aromatic heterocycles. The van der Waals surface area contributed by atoms with Crippen LogP contribution in [0.25, 0.3) is 10.3 Å². The largest absolute Gasteiger partial charge is 0.396 e. The molecule has 0 saturated heterocycles. The highest BCUT2D eigenvalue weighted by Crippen LogP contribution is 2.30. The van der Waals surface area contributed by atoms with Gasteiger partial charge in [-0.3, -0.25) is 4.79 Å². The molecule has 3 aromatic rings. The zero-order chi connectivity index (χ0) is 14.8. The van der Waals surface area contributed by atoms with Gasteiger partial charge < -0.3 is 11.1 Å². The molecule has 8 heteroatoms. The Labute approximate surface area is 129 Å². The molecule has 0 radical (unpaired) electrons. The van der Waals surface area contributed by atoms with Crippen LogP contribution in [0.4, 0.5) is 5.69 Å². The molecular formula is C13H13N5OS2. The number of carbonyl (C=O) groups excluding carboxylic acids is 1. The van der Waals surface area contributed by atoms with Gasteiger partial charge in [0.15, 0.2) is 0 Å². The molecule has 0 saturated carbocycles. The molecule has 0 aliphatic rings. The van der Waals surface area contributed by atoms with Crippen molar-refractivity contribution >= 4 is 44.6 Å². The molecule has 6 nitrogen and oxygen atoms in total. The van der Waals surface area contributed by atoms with E-state index in [1.165, 1.54) is 11.3 Å². The molecule has 0 bridgehead atoms. The van der Waals surface area contributed by atoms with Crippen LogP contribution < -0.4 is 11.1 Å². The monoisotopic (exact) mass is 319 g/mol. The summed E-state index contributed by atoms with van der Waals surface area (Å²) < 4.78 is 0. The van der Waals surface area contributed by atoms with Gasteiger partial charge in [0, 0.05) is 36.4 Å². The van der Waals surface area contributed by atoms with Crippen LogP contribution in [0.3, 0.4) is 0 Å². The second-order valence-corrected chi connectivity index (χ2v) is 6.46. The lowest BCUT2D eigenvalue weighted by molar-refractivity contribution is 0.0956. The molecule has 0 aliphatic heterocycles. The number of nitrogens with two attached hydrogens (primary N) is 1. The number of hydrogen-bond acceptors (Lipinski definition) is 7. The molecule has 0 aliphatic carbocycles. The summed E-state index contributed by atoms with van der Waals surface area (Å²) in [6.45, 7) is 2.54. The third kappa shape index (κ3) is 2.72. The Kier molecular flexibility index (Phi) is 3.80. The third-order valence-electron chi connectivity index (χ3n) is 3.01. The van der Waals surface area contributed by atoms with Crippen LogP contribution >= 0.6 is 22.7 Å². The number of hydrogen-bond donors (Lipinski definition) is 2.